The molecule has 1 saturated carbocycles. The molecular formula is C15H26ClN3. The van der Waals surface area contributed by atoms with Crippen molar-refractivity contribution < 1.29 is 0 Å². The van der Waals surface area contributed by atoms with Gasteiger partial charge in [-0.25, -0.2) is 0 Å². The van der Waals surface area contributed by atoms with Crippen LogP contribution in [0.25, 0.3) is 0 Å². The Bertz CT molecular complexity index is 453. The maximum Gasteiger partial charge on any atom is 0.0849 e. The third-order valence-electron chi connectivity index (χ3n) is 4.00. The highest BCUT2D eigenvalue weighted by molar-refractivity contribution is 6.31. The number of rotatable bonds is 5. The van der Waals surface area contributed by atoms with Crippen molar-refractivity contribution in [1.82, 2.24) is 15.1 Å². The second-order valence-electron chi connectivity index (χ2n) is 6.96. The van der Waals surface area contributed by atoms with E-state index in [0.29, 0.717) is 5.41 Å². The molecule has 0 unspecified atom stereocenters. The Hall–Kier alpha value is -0.540. The molecule has 0 bridgehead atoms. The van der Waals surface area contributed by atoms with Crippen LogP contribution in [0.5, 0.6) is 0 Å². The molecule has 0 saturated heterocycles. The number of aromatic nitrogens is 2. The molecule has 0 atom stereocenters. The third-order valence-corrected chi connectivity index (χ3v) is 4.43. The fraction of sp³-hybridized carbons (Fsp3) is 0.800. The molecule has 0 radical (unpaired) electrons. The van der Waals surface area contributed by atoms with Gasteiger partial charge in [0.15, 0.2) is 0 Å². The van der Waals surface area contributed by atoms with E-state index in [2.05, 4.69) is 38.1 Å². The van der Waals surface area contributed by atoms with Crippen molar-refractivity contribution in [3.05, 3.63) is 16.4 Å². The van der Waals surface area contributed by atoms with Crippen molar-refractivity contribution in [2.75, 3.05) is 6.54 Å². The van der Waals surface area contributed by atoms with Gasteiger partial charge in [-0.15, -0.1) is 0 Å². The van der Waals surface area contributed by atoms with Crippen LogP contribution in [0.2, 0.25) is 5.02 Å². The van der Waals surface area contributed by atoms with Crippen molar-refractivity contribution in [2.24, 2.45) is 12.5 Å². The lowest BCUT2D eigenvalue weighted by Gasteiger charge is -2.25. The van der Waals surface area contributed by atoms with Crippen LogP contribution in [0, 0.1) is 5.41 Å². The highest BCUT2D eigenvalue weighted by Crippen LogP contribution is 2.49. The minimum Gasteiger partial charge on any atom is -0.312 e. The SMILES string of the molecule is CCc1nn(C)c(CC2(CNC(C)(C)C)CC2)c1Cl. The summed E-state index contributed by atoms with van der Waals surface area (Å²) in [5, 5.41) is 9.03. The molecule has 4 heteroatoms. The third kappa shape index (κ3) is 3.51. The molecule has 1 aromatic heterocycles. The van der Waals surface area contributed by atoms with Crippen LogP contribution in [0.4, 0.5) is 0 Å². The van der Waals surface area contributed by atoms with Crippen molar-refractivity contribution in [3.63, 3.8) is 0 Å². The summed E-state index contributed by atoms with van der Waals surface area (Å²) >= 11 is 6.45. The summed E-state index contributed by atoms with van der Waals surface area (Å²) in [5.74, 6) is 0. The van der Waals surface area contributed by atoms with Crippen LogP contribution < -0.4 is 5.32 Å². The largest absolute Gasteiger partial charge is 0.312 e. The zero-order valence-electron chi connectivity index (χ0n) is 12.8. The minimum absolute atomic E-state index is 0.181. The van der Waals surface area contributed by atoms with Gasteiger partial charge in [0.05, 0.1) is 16.4 Å². The predicted octanol–water partition coefficient (Wildman–Crippen LogP) is 3.35. The van der Waals surface area contributed by atoms with E-state index in [1.54, 1.807) is 0 Å². The first kappa shape index (κ1) is 14.9. The Labute approximate surface area is 121 Å². The van der Waals surface area contributed by atoms with Crippen LogP contribution in [-0.4, -0.2) is 21.9 Å². The number of aryl methyl sites for hydroxylation is 2. The van der Waals surface area contributed by atoms with Gasteiger partial charge in [-0.2, -0.15) is 5.10 Å². The molecule has 1 aliphatic rings. The predicted molar refractivity (Wildman–Crippen MR) is 80.7 cm³/mol. The van der Waals surface area contributed by atoms with Gasteiger partial charge in [-0.3, -0.25) is 4.68 Å². The van der Waals surface area contributed by atoms with Gasteiger partial charge in [0.1, 0.15) is 0 Å². The summed E-state index contributed by atoms with van der Waals surface area (Å²) in [4.78, 5) is 0. The van der Waals surface area contributed by atoms with E-state index in [9.17, 15) is 0 Å². The fourth-order valence-corrected chi connectivity index (χ4v) is 2.77. The molecule has 0 spiro atoms. The Balaban J connectivity index is 2.07. The summed E-state index contributed by atoms with van der Waals surface area (Å²) in [6.45, 7) is 9.82. The molecular weight excluding hydrogens is 258 g/mol. The van der Waals surface area contributed by atoms with E-state index in [4.69, 9.17) is 11.6 Å². The van der Waals surface area contributed by atoms with Crippen molar-refractivity contribution >= 4 is 11.6 Å². The number of hydrogen-bond acceptors (Lipinski definition) is 2. The van der Waals surface area contributed by atoms with Crippen molar-refractivity contribution in [3.8, 4) is 0 Å². The molecule has 2 rings (SSSR count). The van der Waals surface area contributed by atoms with Gasteiger partial charge in [0.25, 0.3) is 0 Å². The lowest BCUT2D eigenvalue weighted by Crippen LogP contribution is -2.40. The number of nitrogens with zero attached hydrogens (tertiary/aromatic N) is 2. The van der Waals surface area contributed by atoms with Gasteiger partial charge < -0.3 is 5.32 Å². The van der Waals surface area contributed by atoms with Crippen LogP contribution >= 0.6 is 11.6 Å². The van der Waals surface area contributed by atoms with Crippen molar-refractivity contribution in [1.29, 1.82) is 0 Å². The maximum atomic E-state index is 6.45. The summed E-state index contributed by atoms with van der Waals surface area (Å²) in [6.07, 6.45) is 4.52. The number of hydrogen-bond donors (Lipinski definition) is 1. The van der Waals surface area contributed by atoms with Gasteiger partial charge in [-0.05, 0) is 51.9 Å². The lowest BCUT2D eigenvalue weighted by atomic mass is 9.97. The molecule has 1 aliphatic carbocycles. The van der Waals surface area contributed by atoms with Gasteiger partial charge in [-0.1, -0.05) is 18.5 Å². The highest BCUT2D eigenvalue weighted by atomic mass is 35.5. The molecule has 1 heterocycles. The monoisotopic (exact) mass is 283 g/mol. The second kappa shape index (κ2) is 5.10. The smallest absolute Gasteiger partial charge is 0.0849 e. The van der Waals surface area contributed by atoms with Crippen molar-refractivity contribution in [2.45, 2.75) is 58.9 Å². The Kier molecular flexibility index (Phi) is 3.99. The van der Waals surface area contributed by atoms with E-state index in [-0.39, 0.29) is 5.54 Å². The van der Waals surface area contributed by atoms with Crippen LogP contribution in [0.3, 0.4) is 0 Å². The Morgan fingerprint density at radius 3 is 2.42 bits per heavy atom. The average Bonchev–Trinajstić information content (AvgIpc) is 3.03. The zero-order valence-corrected chi connectivity index (χ0v) is 13.6. The van der Waals surface area contributed by atoms with Gasteiger partial charge in [0.2, 0.25) is 0 Å². The quantitative estimate of drug-likeness (QED) is 0.898. The molecule has 108 valence electrons. The molecule has 1 aromatic rings. The topological polar surface area (TPSA) is 29.9 Å². The van der Waals surface area contributed by atoms with E-state index < -0.39 is 0 Å². The minimum atomic E-state index is 0.181. The molecule has 0 aliphatic heterocycles. The first-order chi connectivity index (χ1) is 8.76. The first-order valence-corrected chi connectivity index (χ1v) is 7.59. The first-order valence-electron chi connectivity index (χ1n) is 7.22. The fourth-order valence-electron chi connectivity index (χ4n) is 2.41. The molecule has 1 fully saturated rings. The van der Waals surface area contributed by atoms with Crippen LogP contribution in [-0.2, 0) is 19.9 Å². The highest BCUT2D eigenvalue weighted by Gasteiger charge is 2.44. The van der Waals surface area contributed by atoms with Crippen LogP contribution in [0.1, 0.15) is 51.9 Å². The summed E-state index contributed by atoms with van der Waals surface area (Å²) in [7, 11) is 2.01. The van der Waals surface area contributed by atoms with Crippen LogP contribution in [0.15, 0.2) is 0 Å². The molecule has 19 heavy (non-hydrogen) atoms. The Morgan fingerprint density at radius 1 is 1.37 bits per heavy atom. The molecule has 1 N–H and O–H groups in total. The normalized spacial score (nSPS) is 17.8. The number of halogens is 1. The van der Waals surface area contributed by atoms with E-state index >= 15 is 0 Å². The Morgan fingerprint density at radius 2 is 2.00 bits per heavy atom. The second-order valence-corrected chi connectivity index (χ2v) is 7.34. The lowest BCUT2D eigenvalue weighted by molar-refractivity contribution is 0.352. The van der Waals surface area contributed by atoms with E-state index in [1.807, 2.05) is 11.7 Å². The average molecular weight is 284 g/mol. The summed E-state index contributed by atoms with van der Waals surface area (Å²) in [5.41, 5.74) is 2.81. The van der Waals surface area contributed by atoms with E-state index in [1.165, 1.54) is 18.5 Å². The molecule has 3 nitrogen and oxygen atoms in total. The molecule has 0 amide bonds. The van der Waals surface area contributed by atoms with Gasteiger partial charge >= 0.3 is 0 Å². The summed E-state index contributed by atoms with van der Waals surface area (Å²) in [6, 6.07) is 0. The van der Waals surface area contributed by atoms with Gasteiger partial charge in [0, 0.05) is 19.1 Å². The zero-order chi connectivity index (χ0) is 14.3. The summed E-state index contributed by atoms with van der Waals surface area (Å²) < 4.78 is 1.97. The maximum absolute atomic E-state index is 6.45. The molecule has 0 aromatic carbocycles. The van der Waals surface area contributed by atoms with E-state index in [0.717, 1.165) is 30.1 Å². The number of nitrogens with one attached hydrogen (secondary N) is 1. The standard InChI is InChI=1S/C15H26ClN3/c1-6-11-13(16)12(19(5)18-11)9-15(7-8-15)10-17-14(2,3)4/h17H,6-10H2,1-5H3.